The number of allylic oxidation sites excluding steroid dienone is 3. The van der Waals surface area contributed by atoms with Crippen molar-refractivity contribution in [1.29, 1.82) is 10.7 Å². The predicted octanol–water partition coefficient (Wildman–Crippen LogP) is 1.16. The molecule has 0 heterocycles. The van der Waals surface area contributed by atoms with E-state index in [1.165, 1.54) is 6.08 Å². The first-order chi connectivity index (χ1) is 5.16. The zero-order valence-electron chi connectivity index (χ0n) is 6.70. The average molecular weight is 149 g/mol. The normalized spacial score (nSPS) is 10.3. The number of nitrogens with one attached hydrogen (secondary N) is 1. The highest BCUT2D eigenvalue weighted by Gasteiger charge is 1.79. The largest absolute Gasteiger partial charge is 0.383 e. The third-order valence-corrected chi connectivity index (χ3v) is 0.879. The van der Waals surface area contributed by atoms with E-state index in [1.54, 1.807) is 18.2 Å². The van der Waals surface area contributed by atoms with Gasteiger partial charge in [0.2, 0.25) is 0 Å². The molecule has 0 aromatic carbocycles. The third kappa shape index (κ3) is 6.32. The topological polar surface area (TPSA) is 50.9 Å². The van der Waals surface area contributed by atoms with E-state index >= 15 is 0 Å². The van der Waals surface area contributed by atoms with Gasteiger partial charge in [-0.1, -0.05) is 6.08 Å². The van der Waals surface area contributed by atoms with Crippen molar-refractivity contribution in [2.24, 2.45) is 0 Å². The van der Waals surface area contributed by atoms with Crippen molar-refractivity contribution >= 4 is 5.71 Å². The molecule has 0 bridgehead atoms. The summed E-state index contributed by atoms with van der Waals surface area (Å²) in [5.41, 5.74) is -0.0339. The molecule has 0 spiro atoms. The monoisotopic (exact) mass is 149 g/mol. The minimum absolute atomic E-state index is 0.0339. The first-order valence-electron chi connectivity index (χ1n) is 3.16. The molecule has 0 aromatic rings. The van der Waals surface area contributed by atoms with Crippen LogP contribution >= 0.6 is 0 Å². The molecule has 11 heavy (non-hydrogen) atoms. The minimum atomic E-state index is -0.0339. The third-order valence-electron chi connectivity index (χ3n) is 0.879. The van der Waals surface area contributed by atoms with Crippen LogP contribution in [0.3, 0.4) is 0 Å². The van der Waals surface area contributed by atoms with E-state index in [0.717, 1.165) is 0 Å². The molecular weight excluding hydrogens is 138 g/mol. The van der Waals surface area contributed by atoms with E-state index in [4.69, 9.17) is 10.7 Å². The molecule has 0 aliphatic heterocycles. The first-order valence-corrected chi connectivity index (χ1v) is 3.16. The summed E-state index contributed by atoms with van der Waals surface area (Å²) < 4.78 is 0. The van der Waals surface area contributed by atoms with Crippen molar-refractivity contribution in [2.45, 2.75) is 0 Å². The van der Waals surface area contributed by atoms with Gasteiger partial charge < -0.3 is 4.90 Å². The Kier molecular flexibility index (Phi) is 4.50. The molecule has 0 unspecified atom stereocenters. The van der Waals surface area contributed by atoms with Gasteiger partial charge in [0, 0.05) is 14.1 Å². The Morgan fingerprint density at radius 2 is 2.09 bits per heavy atom. The Morgan fingerprint density at radius 1 is 1.45 bits per heavy atom. The summed E-state index contributed by atoms with van der Waals surface area (Å²) in [5, 5.41) is 15.1. The van der Waals surface area contributed by atoms with Crippen LogP contribution in [0, 0.1) is 16.7 Å². The van der Waals surface area contributed by atoms with Gasteiger partial charge in [0.1, 0.15) is 11.8 Å². The van der Waals surface area contributed by atoms with Crippen molar-refractivity contribution in [3.05, 3.63) is 24.4 Å². The Labute approximate surface area is 66.8 Å². The van der Waals surface area contributed by atoms with Crippen molar-refractivity contribution in [3.63, 3.8) is 0 Å². The van der Waals surface area contributed by atoms with Crippen LogP contribution in [-0.2, 0) is 0 Å². The lowest BCUT2D eigenvalue weighted by Crippen LogP contribution is -1.99. The summed E-state index contributed by atoms with van der Waals surface area (Å²) in [4.78, 5) is 1.88. The molecule has 0 atom stereocenters. The molecule has 0 aliphatic rings. The molecule has 3 heteroatoms. The van der Waals surface area contributed by atoms with Gasteiger partial charge in [-0.05, 0) is 18.4 Å². The van der Waals surface area contributed by atoms with Crippen LogP contribution in [0.4, 0.5) is 0 Å². The zero-order chi connectivity index (χ0) is 8.69. The van der Waals surface area contributed by atoms with Crippen LogP contribution in [-0.4, -0.2) is 24.7 Å². The summed E-state index contributed by atoms with van der Waals surface area (Å²) >= 11 is 0. The number of nitrogens with zero attached hydrogens (tertiary/aromatic N) is 2. The van der Waals surface area contributed by atoms with Crippen molar-refractivity contribution in [1.82, 2.24) is 4.90 Å². The average Bonchev–Trinajstić information content (AvgIpc) is 1.97. The Bertz CT molecular complexity index is 218. The van der Waals surface area contributed by atoms with Gasteiger partial charge in [0.15, 0.2) is 0 Å². The van der Waals surface area contributed by atoms with Gasteiger partial charge in [0.05, 0.1) is 0 Å². The van der Waals surface area contributed by atoms with Gasteiger partial charge in [-0.2, -0.15) is 5.26 Å². The van der Waals surface area contributed by atoms with E-state index in [-0.39, 0.29) is 5.71 Å². The van der Waals surface area contributed by atoms with E-state index in [0.29, 0.717) is 0 Å². The fourth-order valence-corrected chi connectivity index (χ4v) is 0.411. The second-order valence-electron chi connectivity index (χ2n) is 2.19. The second kappa shape index (κ2) is 5.24. The maximum Gasteiger partial charge on any atom is 0.132 e. The van der Waals surface area contributed by atoms with Crippen LogP contribution in [0.15, 0.2) is 24.4 Å². The van der Waals surface area contributed by atoms with Crippen LogP contribution < -0.4 is 0 Å². The lowest BCUT2D eigenvalue weighted by Gasteiger charge is -2.00. The summed E-state index contributed by atoms with van der Waals surface area (Å²) in [6, 6.07) is 1.70. The lowest BCUT2D eigenvalue weighted by atomic mass is 10.3. The van der Waals surface area contributed by atoms with E-state index in [2.05, 4.69) is 0 Å². The number of hydrogen-bond acceptors (Lipinski definition) is 3. The Balaban J connectivity index is 3.80. The van der Waals surface area contributed by atoms with Crippen LogP contribution in [0.5, 0.6) is 0 Å². The van der Waals surface area contributed by atoms with E-state index < -0.39 is 0 Å². The molecule has 58 valence electrons. The fourth-order valence-electron chi connectivity index (χ4n) is 0.411. The summed E-state index contributed by atoms with van der Waals surface area (Å²) in [7, 11) is 3.81. The Morgan fingerprint density at radius 3 is 2.55 bits per heavy atom. The number of hydrogen-bond donors (Lipinski definition) is 1. The summed E-state index contributed by atoms with van der Waals surface area (Å²) in [6.07, 6.45) is 6.71. The van der Waals surface area contributed by atoms with Gasteiger partial charge in [0.25, 0.3) is 0 Å². The minimum Gasteiger partial charge on any atom is -0.383 e. The molecule has 0 saturated carbocycles. The van der Waals surface area contributed by atoms with Crippen molar-refractivity contribution in [2.75, 3.05) is 14.1 Å². The van der Waals surface area contributed by atoms with E-state index in [9.17, 15) is 0 Å². The molecule has 0 saturated heterocycles. The molecular formula is C8H11N3. The smallest absolute Gasteiger partial charge is 0.132 e. The van der Waals surface area contributed by atoms with Gasteiger partial charge in [-0.3, -0.25) is 5.41 Å². The highest BCUT2D eigenvalue weighted by Crippen LogP contribution is 1.81. The predicted molar refractivity (Wildman–Crippen MR) is 45.3 cm³/mol. The van der Waals surface area contributed by atoms with Crippen molar-refractivity contribution in [3.8, 4) is 6.07 Å². The lowest BCUT2D eigenvalue weighted by molar-refractivity contribution is 0.564. The maximum absolute atomic E-state index is 8.18. The first kappa shape index (κ1) is 9.44. The molecule has 0 aromatic heterocycles. The summed E-state index contributed by atoms with van der Waals surface area (Å²) in [6.45, 7) is 0. The molecule has 0 fully saturated rings. The second-order valence-corrected chi connectivity index (χ2v) is 2.19. The van der Waals surface area contributed by atoms with E-state index in [1.807, 2.05) is 25.2 Å². The highest BCUT2D eigenvalue weighted by atomic mass is 15.0. The standard InChI is InChI=1S/C8H11N3/c1-11(2)6-4-3-5-8(10)7-9/h3-6,10H,1-2H3/b5-3+,6-4+,10-8?. The molecule has 0 aliphatic carbocycles. The summed E-state index contributed by atoms with van der Waals surface area (Å²) in [5.74, 6) is 0. The number of nitriles is 1. The molecule has 0 amide bonds. The SMILES string of the molecule is CN(C)/C=C/C=C/C(=N)C#N. The maximum atomic E-state index is 8.18. The van der Waals surface area contributed by atoms with Crippen molar-refractivity contribution < 1.29 is 0 Å². The number of rotatable bonds is 3. The van der Waals surface area contributed by atoms with Crippen LogP contribution in [0.25, 0.3) is 0 Å². The fraction of sp³-hybridized carbons (Fsp3) is 0.250. The molecule has 1 N–H and O–H groups in total. The highest BCUT2D eigenvalue weighted by molar-refractivity contribution is 6.04. The van der Waals surface area contributed by atoms with Crippen LogP contribution in [0.2, 0.25) is 0 Å². The van der Waals surface area contributed by atoms with Crippen LogP contribution in [0.1, 0.15) is 0 Å². The van der Waals surface area contributed by atoms with Gasteiger partial charge in [-0.25, -0.2) is 0 Å². The zero-order valence-corrected chi connectivity index (χ0v) is 6.70. The Hall–Kier alpha value is -1.56. The molecule has 0 radical (unpaired) electrons. The van der Waals surface area contributed by atoms with Gasteiger partial charge >= 0.3 is 0 Å². The quantitative estimate of drug-likeness (QED) is 0.483. The molecule has 3 nitrogen and oxygen atoms in total. The molecule has 0 rings (SSSR count). The van der Waals surface area contributed by atoms with Gasteiger partial charge in [-0.15, -0.1) is 0 Å².